The van der Waals surface area contributed by atoms with Crippen molar-refractivity contribution in [2.45, 2.75) is 30.2 Å². The quantitative estimate of drug-likeness (QED) is 0.284. The number of anilines is 2. The summed E-state index contributed by atoms with van der Waals surface area (Å²) in [5, 5.41) is 4.39. The van der Waals surface area contributed by atoms with E-state index in [1.165, 1.54) is 30.3 Å². The van der Waals surface area contributed by atoms with Gasteiger partial charge in [-0.15, -0.1) is 0 Å². The molecule has 3 heterocycles. The van der Waals surface area contributed by atoms with E-state index in [9.17, 15) is 9.18 Å². The molecule has 8 heteroatoms. The number of carbonyl (C=O) groups excluding carboxylic acids is 1. The highest BCUT2D eigenvalue weighted by molar-refractivity contribution is 7.98. The van der Waals surface area contributed by atoms with E-state index in [0.717, 1.165) is 42.6 Å². The molecule has 1 N–H and O–H groups in total. The molecule has 1 aliphatic rings. The number of piperidine rings is 1. The van der Waals surface area contributed by atoms with Gasteiger partial charge in [-0.25, -0.2) is 14.4 Å². The summed E-state index contributed by atoms with van der Waals surface area (Å²) in [6, 6.07) is 13.8. The topological polar surface area (TPSA) is 71.3 Å². The van der Waals surface area contributed by atoms with Gasteiger partial charge in [-0.1, -0.05) is 30.0 Å². The van der Waals surface area contributed by atoms with Gasteiger partial charge in [0.1, 0.15) is 11.4 Å². The van der Waals surface area contributed by atoms with Crippen molar-refractivity contribution in [1.29, 1.82) is 0 Å². The van der Waals surface area contributed by atoms with Crippen LogP contribution in [0.4, 0.5) is 15.8 Å². The van der Waals surface area contributed by atoms with Crippen LogP contribution in [0.1, 0.15) is 35.4 Å². The minimum Gasteiger partial charge on any atom is -0.451 e. The molecule has 4 aromatic rings. The third-order valence-corrected chi connectivity index (χ3v) is 6.60. The standard InChI is InChI=1S/C25H23FN4O2S/c26-17-9-10-21(30-13-4-1-5-14-30)20(15-17)29-24(31)23-19(16-33-25-27-11-6-12-28-25)18-7-2-3-8-22(18)32-23/h2-3,6-12,15H,1,4-5,13-14,16H2,(H,29,31). The first-order chi connectivity index (χ1) is 16.2. The minimum absolute atomic E-state index is 0.216. The van der Waals surface area contributed by atoms with E-state index in [4.69, 9.17) is 4.42 Å². The molecule has 0 atom stereocenters. The number of furan rings is 1. The number of hydrogen-bond donors (Lipinski definition) is 1. The fraction of sp³-hybridized carbons (Fsp3) is 0.240. The van der Waals surface area contributed by atoms with Gasteiger partial charge < -0.3 is 14.6 Å². The van der Waals surface area contributed by atoms with E-state index in [1.54, 1.807) is 24.5 Å². The highest BCUT2D eigenvalue weighted by atomic mass is 32.2. The van der Waals surface area contributed by atoms with Gasteiger partial charge in [-0.2, -0.15) is 0 Å². The molecule has 0 saturated carbocycles. The largest absolute Gasteiger partial charge is 0.451 e. The number of para-hydroxylation sites is 1. The zero-order valence-corrected chi connectivity index (χ0v) is 18.8. The third kappa shape index (κ3) is 4.71. The molecular weight excluding hydrogens is 439 g/mol. The Morgan fingerprint density at radius 3 is 2.67 bits per heavy atom. The molecule has 2 aromatic heterocycles. The van der Waals surface area contributed by atoms with E-state index in [-0.39, 0.29) is 5.76 Å². The Labute approximate surface area is 195 Å². The van der Waals surface area contributed by atoms with Gasteiger partial charge in [-0.3, -0.25) is 4.79 Å². The van der Waals surface area contributed by atoms with Crippen LogP contribution in [0.25, 0.3) is 11.0 Å². The van der Waals surface area contributed by atoms with Crippen LogP contribution in [-0.4, -0.2) is 29.0 Å². The summed E-state index contributed by atoms with van der Waals surface area (Å²) in [4.78, 5) is 24.1. The lowest BCUT2D eigenvalue weighted by atomic mass is 10.1. The monoisotopic (exact) mass is 462 g/mol. The molecule has 0 bridgehead atoms. The van der Waals surface area contributed by atoms with Crippen LogP contribution in [0.2, 0.25) is 0 Å². The lowest BCUT2D eigenvalue weighted by Crippen LogP contribution is -2.30. The zero-order valence-electron chi connectivity index (χ0n) is 18.0. The van der Waals surface area contributed by atoms with Crippen LogP contribution < -0.4 is 10.2 Å². The summed E-state index contributed by atoms with van der Waals surface area (Å²) in [6.45, 7) is 1.77. The highest BCUT2D eigenvalue weighted by Gasteiger charge is 2.23. The van der Waals surface area contributed by atoms with E-state index in [0.29, 0.717) is 22.2 Å². The molecule has 33 heavy (non-hydrogen) atoms. The van der Waals surface area contributed by atoms with Gasteiger partial charge in [0.05, 0.1) is 11.4 Å². The minimum atomic E-state index is -0.403. The number of nitrogens with zero attached hydrogens (tertiary/aromatic N) is 3. The van der Waals surface area contributed by atoms with Gasteiger partial charge >= 0.3 is 0 Å². The average Bonchev–Trinajstić information content (AvgIpc) is 3.23. The van der Waals surface area contributed by atoms with Crippen molar-refractivity contribution in [1.82, 2.24) is 9.97 Å². The van der Waals surface area contributed by atoms with Gasteiger partial charge in [0.2, 0.25) is 0 Å². The number of halogens is 1. The van der Waals surface area contributed by atoms with Crippen molar-refractivity contribution in [2.24, 2.45) is 0 Å². The first kappa shape index (κ1) is 21.5. The van der Waals surface area contributed by atoms with Crippen LogP contribution in [0.15, 0.2) is 70.5 Å². The van der Waals surface area contributed by atoms with Crippen molar-refractivity contribution in [2.75, 3.05) is 23.3 Å². The van der Waals surface area contributed by atoms with Crippen LogP contribution in [-0.2, 0) is 5.75 Å². The van der Waals surface area contributed by atoms with E-state index >= 15 is 0 Å². The number of thioether (sulfide) groups is 1. The molecule has 0 aliphatic carbocycles. The molecule has 0 spiro atoms. The summed E-state index contributed by atoms with van der Waals surface area (Å²) >= 11 is 1.43. The molecule has 5 rings (SSSR count). The molecule has 0 radical (unpaired) electrons. The maximum atomic E-state index is 14.1. The third-order valence-electron chi connectivity index (χ3n) is 5.70. The molecule has 0 unspecified atom stereocenters. The number of hydrogen-bond acceptors (Lipinski definition) is 6. The number of benzene rings is 2. The molecule has 1 saturated heterocycles. The zero-order chi connectivity index (χ0) is 22.6. The summed E-state index contributed by atoms with van der Waals surface area (Å²) in [5.74, 6) is -0.118. The second-order valence-electron chi connectivity index (χ2n) is 7.89. The van der Waals surface area contributed by atoms with Crippen molar-refractivity contribution in [3.05, 3.63) is 78.1 Å². The van der Waals surface area contributed by atoms with E-state index < -0.39 is 11.7 Å². The second kappa shape index (κ2) is 9.62. The van der Waals surface area contributed by atoms with Crippen molar-refractivity contribution >= 4 is 40.0 Å². The van der Waals surface area contributed by atoms with Crippen molar-refractivity contribution in [3.8, 4) is 0 Å². The second-order valence-corrected chi connectivity index (χ2v) is 8.83. The first-order valence-electron chi connectivity index (χ1n) is 10.9. The fourth-order valence-corrected chi connectivity index (χ4v) is 4.95. The maximum absolute atomic E-state index is 14.1. The molecule has 1 amide bonds. The summed E-state index contributed by atoms with van der Waals surface area (Å²) in [7, 11) is 0. The molecular formula is C25H23FN4O2S. The number of carbonyl (C=O) groups is 1. The van der Waals surface area contributed by atoms with Crippen LogP contribution >= 0.6 is 11.8 Å². The summed E-state index contributed by atoms with van der Waals surface area (Å²) in [5.41, 5.74) is 2.67. The van der Waals surface area contributed by atoms with E-state index in [1.807, 2.05) is 24.3 Å². The molecule has 1 aliphatic heterocycles. The van der Waals surface area contributed by atoms with Crippen LogP contribution in [0.5, 0.6) is 0 Å². The number of aromatic nitrogens is 2. The maximum Gasteiger partial charge on any atom is 0.291 e. The Balaban J connectivity index is 1.46. The lowest BCUT2D eigenvalue weighted by molar-refractivity contribution is 0.0998. The Hall–Kier alpha value is -3.39. The Kier molecular flexibility index (Phi) is 6.26. The molecule has 6 nitrogen and oxygen atoms in total. The van der Waals surface area contributed by atoms with Crippen molar-refractivity contribution in [3.63, 3.8) is 0 Å². The predicted octanol–water partition coefficient (Wildman–Crippen LogP) is 5.90. The lowest BCUT2D eigenvalue weighted by Gasteiger charge is -2.30. The number of rotatable bonds is 6. The molecule has 2 aromatic carbocycles. The van der Waals surface area contributed by atoms with Gasteiger partial charge in [0.15, 0.2) is 10.9 Å². The molecule has 1 fully saturated rings. The Morgan fingerprint density at radius 2 is 1.85 bits per heavy atom. The molecule has 168 valence electrons. The first-order valence-corrected chi connectivity index (χ1v) is 11.9. The number of nitrogens with one attached hydrogen (secondary N) is 1. The van der Waals surface area contributed by atoms with Crippen LogP contribution in [0, 0.1) is 5.82 Å². The van der Waals surface area contributed by atoms with Crippen molar-refractivity contribution < 1.29 is 13.6 Å². The normalized spacial score (nSPS) is 13.9. The van der Waals surface area contributed by atoms with Gasteiger partial charge in [0.25, 0.3) is 5.91 Å². The Bertz CT molecular complexity index is 1270. The van der Waals surface area contributed by atoms with Crippen LogP contribution in [0.3, 0.4) is 0 Å². The summed E-state index contributed by atoms with van der Waals surface area (Å²) in [6.07, 6.45) is 6.71. The number of fused-ring (bicyclic) bond motifs is 1. The predicted molar refractivity (Wildman–Crippen MR) is 128 cm³/mol. The van der Waals surface area contributed by atoms with Gasteiger partial charge in [0, 0.05) is 42.2 Å². The number of amides is 1. The smallest absolute Gasteiger partial charge is 0.291 e. The SMILES string of the molecule is O=C(Nc1cc(F)ccc1N1CCCCC1)c1oc2ccccc2c1CSc1ncccn1. The van der Waals surface area contributed by atoms with E-state index in [2.05, 4.69) is 20.2 Å². The highest BCUT2D eigenvalue weighted by Crippen LogP contribution is 2.33. The average molecular weight is 463 g/mol. The van der Waals surface area contributed by atoms with Gasteiger partial charge in [-0.05, 0) is 49.6 Å². The Morgan fingerprint density at radius 1 is 1.06 bits per heavy atom. The fourth-order valence-electron chi connectivity index (χ4n) is 4.12. The summed E-state index contributed by atoms with van der Waals surface area (Å²) < 4.78 is 20.1.